The summed E-state index contributed by atoms with van der Waals surface area (Å²) in [5, 5.41) is 4.80. The number of likely N-dealkylation sites (tertiary alicyclic amines) is 1. The van der Waals surface area contributed by atoms with Crippen molar-refractivity contribution in [3.8, 4) is 0 Å². The fourth-order valence-electron chi connectivity index (χ4n) is 3.92. The fourth-order valence-corrected chi connectivity index (χ4v) is 4.37. The Balaban J connectivity index is 1.50. The number of amides is 1. The van der Waals surface area contributed by atoms with Gasteiger partial charge in [-0.3, -0.25) is 4.90 Å². The Hall–Kier alpha value is -1.53. The molecule has 0 saturated carbocycles. The number of nitrogens with one attached hydrogen (secondary N) is 1. The zero-order chi connectivity index (χ0) is 19.4. The number of carbonyl (C=O) groups is 1. The normalized spacial score (nSPS) is 20.9. The van der Waals surface area contributed by atoms with Crippen molar-refractivity contribution in [2.24, 2.45) is 5.92 Å². The van der Waals surface area contributed by atoms with Crippen LogP contribution in [0.3, 0.4) is 0 Å². The summed E-state index contributed by atoms with van der Waals surface area (Å²) in [6.45, 7) is 7.20. The molecule has 1 unspecified atom stereocenters. The van der Waals surface area contributed by atoms with Crippen molar-refractivity contribution in [3.05, 3.63) is 34.9 Å². The monoisotopic (exact) mass is 409 g/mol. The summed E-state index contributed by atoms with van der Waals surface area (Å²) in [4.78, 5) is 16.4. The number of rotatable bonds is 5. The molecule has 3 rings (SSSR count). The average Bonchev–Trinajstić information content (AvgIpc) is 3.00. The molecule has 0 aromatic heterocycles. The van der Waals surface area contributed by atoms with Gasteiger partial charge in [-0.25, -0.2) is 4.79 Å². The minimum Gasteiger partial charge on any atom is -0.447 e. The minimum atomic E-state index is -0.154. The molecule has 0 aliphatic carbocycles. The van der Waals surface area contributed by atoms with Crippen LogP contribution in [0.4, 0.5) is 4.79 Å². The van der Waals surface area contributed by atoms with Crippen LogP contribution in [0.2, 0.25) is 5.02 Å². The summed E-state index contributed by atoms with van der Waals surface area (Å²) < 4.78 is 5.33. The van der Waals surface area contributed by atoms with Gasteiger partial charge in [0.15, 0.2) is 5.11 Å². The number of hydrogen-bond acceptors (Lipinski definition) is 3. The predicted molar refractivity (Wildman–Crippen MR) is 112 cm³/mol. The van der Waals surface area contributed by atoms with E-state index in [1.54, 1.807) is 0 Å². The van der Waals surface area contributed by atoms with E-state index in [0.717, 1.165) is 48.1 Å². The average molecular weight is 410 g/mol. The molecule has 0 spiro atoms. The molecule has 2 heterocycles. The topological polar surface area (TPSA) is 44.8 Å². The lowest BCUT2D eigenvalue weighted by molar-refractivity contribution is 0.119. The van der Waals surface area contributed by atoms with Crippen LogP contribution in [-0.4, -0.2) is 52.8 Å². The molecule has 2 aliphatic heterocycles. The maximum atomic E-state index is 12.2. The highest BCUT2D eigenvalue weighted by atomic mass is 35.5. The molecule has 1 aromatic rings. The smallest absolute Gasteiger partial charge is 0.410 e. The third kappa shape index (κ3) is 5.05. The lowest BCUT2D eigenvalue weighted by atomic mass is 9.98. The van der Waals surface area contributed by atoms with Crippen LogP contribution in [-0.2, 0) is 11.3 Å². The van der Waals surface area contributed by atoms with Gasteiger partial charge in [-0.2, -0.15) is 0 Å². The van der Waals surface area contributed by atoms with Gasteiger partial charge >= 0.3 is 6.09 Å². The van der Waals surface area contributed by atoms with Gasteiger partial charge < -0.3 is 15.0 Å². The van der Waals surface area contributed by atoms with Crippen LogP contribution in [0.25, 0.3) is 0 Å². The third-order valence-corrected chi connectivity index (χ3v) is 6.05. The van der Waals surface area contributed by atoms with Crippen molar-refractivity contribution in [2.45, 2.75) is 51.7 Å². The summed E-state index contributed by atoms with van der Waals surface area (Å²) >= 11 is 11.8. The van der Waals surface area contributed by atoms with Crippen LogP contribution >= 0.6 is 23.8 Å². The highest BCUT2D eigenvalue weighted by Gasteiger charge is 2.39. The van der Waals surface area contributed by atoms with E-state index in [0.29, 0.717) is 19.1 Å². The first kappa shape index (κ1) is 20.2. The number of ether oxygens (including phenoxy) is 1. The Morgan fingerprint density at radius 2 is 2.04 bits per heavy atom. The highest BCUT2D eigenvalue weighted by molar-refractivity contribution is 7.80. The fraction of sp³-hybridized carbons (Fsp3) is 0.600. The second-order valence-electron chi connectivity index (χ2n) is 7.74. The van der Waals surface area contributed by atoms with Gasteiger partial charge in [-0.15, -0.1) is 0 Å². The molecule has 5 nitrogen and oxygen atoms in total. The molecule has 2 aliphatic rings. The number of halogens is 1. The standard InChI is InChI=1S/C20H28ClN3O2S/c1-14(2)11-17-13-26-20(25)24(17)16-7-9-23(10-8-16)19(27)22-12-15-5-3-4-6-18(15)21/h3-6,14,16-17H,7-13H2,1-2H3,(H,22,27). The van der Waals surface area contributed by atoms with Gasteiger partial charge in [0.1, 0.15) is 6.61 Å². The molecule has 2 saturated heterocycles. The largest absolute Gasteiger partial charge is 0.447 e. The molecule has 148 valence electrons. The minimum absolute atomic E-state index is 0.154. The Morgan fingerprint density at radius 1 is 1.33 bits per heavy atom. The summed E-state index contributed by atoms with van der Waals surface area (Å²) in [7, 11) is 0. The van der Waals surface area contributed by atoms with Crippen molar-refractivity contribution >= 4 is 35.0 Å². The maximum Gasteiger partial charge on any atom is 0.410 e. The Kier molecular flexibility index (Phi) is 6.82. The van der Waals surface area contributed by atoms with Crippen LogP contribution in [0.15, 0.2) is 24.3 Å². The molecule has 1 aromatic carbocycles. The SMILES string of the molecule is CC(C)CC1COC(=O)N1C1CCN(C(=S)NCc2ccccc2Cl)CC1. The van der Waals surface area contributed by atoms with Crippen LogP contribution < -0.4 is 5.32 Å². The van der Waals surface area contributed by atoms with E-state index < -0.39 is 0 Å². The van der Waals surface area contributed by atoms with Crippen LogP contribution in [0.1, 0.15) is 38.7 Å². The number of hydrogen-bond donors (Lipinski definition) is 1. The van der Waals surface area contributed by atoms with E-state index in [-0.39, 0.29) is 18.2 Å². The van der Waals surface area contributed by atoms with Gasteiger partial charge in [-0.05, 0) is 49.0 Å². The molecule has 7 heteroatoms. The number of carbonyl (C=O) groups excluding carboxylic acids is 1. The highest BCUT2D eigenvalue weighted by Crippen LogP contribution is 2.27. The zero-order valence-electron chi connectivity index (χ0n) is 16.0. The summed E-state index contributed by atoms with van der Waals surface area (Å²) in [6, 6.07) is 8.23. The number of nitrogens with zero attached hydrogens (tertiary/aromatic N) is 2. The second-order valence-corrected chi connectivity index (χ2v) is 8.53. The molecule has 1 N–H and O–H groups in total. The predicted octanol–water partition coefficient (Wildman–Crippen LogP) is 4.05. The van der Waals surface area contributed by atoms with Gasteiger partial charge in [0.2, 0.25) is 0 Å². The van der Waals surface area contributed by atoms with Crippen molar-refractivity contribution in [2.75, 3.05) is 19.7 Å². The molecule has 1 amide bonds. The first-order valence-electron chi connectivity index (χ1n) is 9.67. The molecule has 27 heavy (non-hydrogen) atoms. The zero-order valence-corrected chi connectivity index (χ0v) is 17.6. The van der Waals surface area contributed by atoms with E-state index >= 15 is 0 Å². The number of thiocarbonyl (C=S) groups is 1. The Morgan fingerprint density at radius 3 is 2.70 bits per heavy atom. The van der Waals surface area contributed by atoms with E-state index in [2.05, 4.69) is 24.1 Å². The van der Waals surface area contributed by atoms with Gasteiger partial charge in [0.25, 0.3) is 0 Å². The second kappa shape index (κ2) is 9.11. The quantitative estimate of drug-likeness (QED) is 0.743. The first-order chi connectivity index (χ1) is 13.0. The molecular formula is C20H28ClN3O2S. The summed E-state index contributed by atoms with van der Waals surface area (Å²) in [6.07, 6.45) is 2.66. The lowest BCUT2D eigenvalue weighted by Gasteiger charge is -2.39. The summed E-state index contributed by atoms with van der Waals surface area (Å²) in [5.74, 6) is 0.550. The summed E-state index contributed by atoms with van der Waals surface area (Å²) in [5.41, 5.74) is 1.03. The Bertz CT molecular complexity index is 677. The van der Waals surface area contributed by atoms with Crippen LogP contribution in [0.5, 0.6) is 0 Å². The first-order valence-corrected chi connectivity index (χ1v) is 10.5. The van der Waals surface area contributed by atoms with Crippen molar-refractivity contribution in [1.29, 1.82) is 0 Å². The number of piperidine rings is 1. The van der Waals surface area contributed by atoms with E-state index in [1.165, 1.54) is 0 Å². The van der Waals surface area contributed by atoms with E-state index in [1.807, 2.05) is 29.2 Å². The molecule has 2 fully saturated rings. The van der Waals surface area contributed by atoms with Gasteiger partial charge in [0, 0.05) is 30.7 Å². The lowest BCUT2D eigenvalue weighted by Crippen LogP contribution is -2.51. The molecule has 0 bridgehead atoms. The molecule has 0 radical (unpaired) electrons. The van der Waals surface area contributed by atoms with Crippen molar-refractivity contribution < 1.29 is 9.53 Å². The van der Waals surface area contributed by atoms with E-state index in [4.69, 9.17) is 28.6 Å². The van der Waals surface area contributed by atoms with E-state index in [9.17, 15) is 4.79 Å². The molecule has 1 atom stereocenters. The van der Waals surface area contributed by atoms with Gasteiger partial charge in [0.05, 0.1) is 6.04 Å². The van der Waals surface area contributed by atoms with Gasteiger partial charge in [-0.1, -0.05) is 43.6 Å². The third-order valence-electron chi connectivity index (χ3n) is 5.28. The molecular weight excluding hydrogens is 382 g/mol. The maximum absolute atomic E-state index is 12.2. The van der Waals surface area contributed by atoms with Crippen molar-refractivity contribution in [3.63, 3.8) is 0 Å². The number of cyclic esters (lactones) is 1. The van der Waals surface area contributed by atoms with Crippen molar-refractivity contribution in [1.82, 2.24) is 15.1 Å². The van der Waals surface area contributed by atoms with Crippen LogP contribution in [0, 0.1) is 5.92 Å². The number of benzene rings is 1. The Labute approximate surface area is 172 Å².